The van der Waals surface area contributed by atoms with E-state index in [1.807, 2.05) is 4.90 Å². The van der Waals surface area contributed by atoms with Crippen LogP contribution in [0.3, 0.4) is 0 Å². The van der Waals surface area contributed by atoms with Gasteiger partial charge in [-0.1, -0.05) is 12.8 Å². The summed E-state index contributed by atoms with van der Waals surface area (Å²) in [6.07, 6.45) is 6.31. The van der Waals surface area contributed by atoms with Crippen molar-refractivity contribution in [3.63, 3.8) is 0 Å². The molecule has 1 saturated carbocycles. The van der Waals surface area contributed by atoms with Gasteiger partial charge in [-0.15, -0.1) is 0 Å². The van der Waals surface area contributed by atoms with E-state index < -0.39 is 15.8 Å². The van der Waals surface area contributed by atoms with Crippen molar-refractivity contribution in [3.8, 4) is 0 Å². The molecule has 1 amide bonds. The number of benzene rings is 1. The molecule has 2 heterocycles. The number of hydrogen-bond donors (Lipinski definition) is 0. The monoisotopic (exact) mass is 423 g/mol. The molecule has 0 bridgehead atoms. The number of piperazine rings is 1. The third kappa shape index (κ3) is 4.49. The Hall–Kier alpha value is -1.51. The van der Waals surface area contributed by atoms with Crippen molar-refractivity contribution in [2.24, 2.45) is 5.92 Å². The molecule has 2 aliphatic heterocycles. The Labute approximate surface area is 172 Å². The fourth-order valence-corrected chi connectivity index (χ4v) is 6.40. The fourth-order valence-electron chi connectivity index (χ4n) is 4.93. The van der Waals surface area contributed by atoms with Gasteiger partial charge in [-0.25, -0.2) is 12.8 Å². The predicted octanol–water partition coefficient (Wildman–Crippen LogP) is 2.31. The van der Waals surface area contributed by atoms with Crippen LogP contribution in [-0.2, 0) is 14.8 Å². The van der Waals surface area contributed by atoms with Crippen molar-refractivity contribution < 1.29 is 17.6 Å². The van der Waals surface area contributed by atoms with Gasteiger partial charge in [0.1, 0.15) is 5.82 Å². The Morgan fingerprint density at radius 1 is 0.862 bits per heavy atom. The Kier molecular flexibility index (Phi) is 6.22. The molecule has 0 atom stereocenters. The van der Waals surface area contributed by atoms with E-state index in [0.29, 0.717) is 32.0 Å². The molecule has 3 fully saturated rings. The zero-order valence-electron chi connectivity index (χ0n) is 16.8. The first-order valence-corrected chi connectivity index (χ1v) is 12.2. The summed E-state index contributed by atoms with van der Waals surface area (Å²) in [7, 11) is -3.63. The van der Waals surface area contributed by atoms with Gasteiger partial charge in [-0.2, -0.15) is 4.31 Å². The Morgan fingerprint density at radius 2 is 1.45 bits per heavy atom. The van der Waals surface area contributed by atoms with Gasteiger partial charge >= 0.3 is 0 Å². The number of rotatable bonds is 4. The summed E-state index contributed by atoms with van der Waals surface area (Å²) in [5.74, 6) is -0.385. The highest BCUT2D eigenvalue weighted by Gasteiger charge is 2.35. The van der Waals surface area contributed by atoms with Crippen LogP contribution in [0.1, 0.15) is 38.5 Å². The quantitative estimate of drug-likeness (QED) is 0.746. The fraction of sp³-hybridized carbons (Fsp3) is 0.667. The van der Waals surface area contributed by atoms with E-state index in [0.717, 1.165) is 38.3 Å². The average molecular weight is 424 g/mol. The molecule has 0 aromatic heterocycles. The zero-order valence-corrected chi connectivity index (χ0v) is 17.6. The first kappa shape index (κ1) is 20.8. The van der Waals surface area contributed by atoms with Crippen LogP contribution in [-0.4, -0.2) is 73.7 Å². The third-order valence-electron chi connectivity index (χ3n) is 6.72. The maximum atomic E-state index is 13.1. The van der Waals surface area contributed by atoms with E-state index in [-0.39, 0.29) is 16.7 Å². The molecule has 29 heavy (non-hydrogen) atoms. The Balaban J connectivity index is 1.29. The molecule has 1 aromatic rings. The first-order valence-electron chi connectivity index (χ1n) is 10.7. The van der Waals surface area contributed by atoms with Crippen LogP contribution in [0.2, 0.25) is 0 Å². The van der Waals surface area contributed by atoms with Crippen molar-refractivity contribution in [1.29, 1.82) is 0 Å². The van der Waals surface area contributed by atoms with Gasteiger partial charge in [-0.3, -0.25) is 9.69 Å². The van der Waals surface area contributed by atoms with E-state index in [2.05, 4.69) is 4.90 Å². The second-order valence-corrected chi connectivity index (χ2v) is 10.4. The highest BCUT2D eigenvalue weighted by atomic mass is 32.2. The number of halogens is 1. The lowest BCUT2D eigenvalue weighted by Crippen LogP contribution is -2.53. The molecule has 3 aliphatic rings. The van der Waals surface area contributed by atoms with Crippen LogP contribution >= 0.6 is 0 Å². The SMILES string of the molecule is O=C(C1CCN(S(=O)(=O)c2ccc(F)cc2)CC1)N1CCN(C2CCCC2)CC1. The van der Waals surface area contributed by atoms with Crippen molar-refractivity contribution in [2.75, 3.05) is 39.3 Å². The van der Waals surface area contributed by atoms with Crippen molar-refractivity contribution in [3.05, 3.63) is 30.1 Å². The molecule has 8 heteroatoms. The van der Waals surface area contributed by atoms with E-state index >= 15 is 0 Å². The highest BCUT2D eigenvalue weighted by Crippen LogP contribution is 2.27. The summed E-state index contributed by atoms with van der Waals surface area (Å²) in [4.78, 5) is 17.6. The summed E-state index contributed by atoms with van der Waals surface area (Å²) < 4.78 is 40.0. The van der Waals surface area contributed by atoms with E-state index in [4.69, 9.17) is 0 Å². The van der Waals surface area contributed by atoms with Gasteiger partial charge in [0.15, 0.2) is 0 Å². The maximum absolute atomic E-state index is 13.1. The molecule has 0 spiro atoms. The Bertz CT molecular complexity index is 808. The standard InChI is InChI=1S/C21H30FN3O3S/c22-18-5-7-20(8-6-18)29(27,28)25-11-9-17(10-12-25)21(26)24-15-13-23(14-16-24)19-3-1-2-4-19/h5-8,17,19H,1-4,9-16H2. The van der Waals surface area contributed by atoms with E-state index in [9.17, 15) is 17.6 Å². The second kappa shape index (κ2) is 8.70. The summed E-state index contributed by atoms with van der Waals surface area (Å²) in [5, 5.41) is 0. The van der Waals surface area contributed by atoms with Gasteiger partial charge < -0.3 is 4.90 Å². The predicted molar refractivity (Wildman–Crippen MR) is 108 cm³/mol. The molecular weight excluding hydrogens is 393 g/mol. The Morgan fingerprint density at radius 3 is 2.03 bits per heavy atom. The molecule has 4 rings (SSSR count). The minimum Gasteiger partial charge on any atom is -0.340 e. The van der Waals surface area contributed by atoms with Crippen LogP contribution in [0.4, 0.5) is 4.39 Å². The first-order chi connectivity index (χ1) is 13.9. The zero-order chi connectivity index (χ0) is 20.4. The molecule has 0 N–H and O–H groups in total. The number of sulfonamides is 1. The van der Waals surface area contributed by atoms with Gasteiger partial charge in [0, 0.05) is 51.2 Å². The van der Waals surface area contributed by atoms with Crippen LogP contribution in [0, 0.1) is 11.7 Å². The number of nitrogens with zero attached hydrogens (tertiary/aromatic N) is 3. The summed E-state index contributed by atoms with van der Waals surface area (Å²) >= 11 is 0. The molecular formula is C21H30FN3O3S. The number of hydrogen-bond acceptors (Lipinski definition) is 4. The number of piperidine rings is 1. The lowest BCUT2D eigenvalue weighted by Gasteiger charge is -2.40. The van der Waals surface area contributed by atoms with Gasteiger partial charge in [0.2, 0.25) is 15.9 Å². The summed E-state index contributed by atoms with van der Waals surface area (Å²) in [6, 6.07) is 5.62. The number of carbonyl (C=O) groups excluding carboxylic acids is 1. The third-order valence-corrected chi connectivity index (χ3v) is 8.63. The molecule has 1 aliphatic carbocycles. The average Bonchev–Trinajstić information content (AvgIpc) is 3.29. The van der Waals surface area contributed by atoms with Crippen LogP contribution in [0.5, 0.6) is 0 Å². The van der Waals surface area contributed by atoms with E-state index in [1.165, 1.54) is 42.1 Å². The van der Waals surface area contributed by atoms with Gasteiger partial charge in [-0.05, 0) is 49.9 Å². The topological polar surface area (TPSA) is 60.9 Å². The molecule has 0 unspecified atom stereocenters. The molecule has 2 saturated heterocycles. The minimum atomic E-state index is -3.63. The van der Waals surface area contributed by atoms with Crippen LogP contribution in [0.15, 0.2) is 29.2 Å². The molecule has 0 radical (unpaired) electrons. The van der Waals surface area contributed by atoms with Crippen LogP contribution in [0.25, 0.3) is 0 Å². The molecule has 1 aromatic carbocycles. The normalized spacial score (nSPS) is 23.6. The van der Waals surface area contributed by atoms with Crippen molar-refractivity contribution in [1.82, 2.24) is 14.1 Å². The maximum Gasteiger partial charge on any atom is 0.243 e. The van der Waals surface area contributed by atoms with E-state index in [1.54, 1.807) is 0 Å². The second-order valence-electron chi connectivity index (χ2n) is 8.43. The smallest absolute Gasteiger partial charge is 0.243 e. The number of carbonyl (C=O) groups is 1. The van der Waals surface area contributed by atoms with Gasteiger partial charge in [0.05, 0.1) is 4.90 Å². The van der Waals surface area contributed by atoms with Crippen LogP contribution < -0.4 is 0 Å². The largest absolute Gasteiger partial charge is 0.340 e. The lowest BCUT2D eigenvalue weighted by molar-refractivity contribution is -0.138. The highest BCUT2D eigenvalue weighted by molar-refractivity contribution is 7.89. The van der Waals surface area contributed by atoms with Crippen molar-refractivity contribution in [2.45, 2.75) is 49.5 Å². The summed E-state index contributed by atoms with van der Waals surface area (Å²) in [5.41, 5.74) is 0. The van der Waals surface area contributed by atoms with Gasteiger partial charge in [0.25, 0.3) is 0 Å². The lowest BCUT2D eigenvalue weighted by atomic mass is 9.96. The van der Waals surface area contributed by atoms with Crippen molar-refractivity contribution >= 4 is 15.9 Å². The minimum absolute atomic E-state index is 0.103. The molecule has 6 nitrogen and oxygen atoms in total. The molecule has 160 valence electrons. The number of amides is 1. The summed E-state index contributed by atoms with van der Waals surface area (Å²) in [6.45, 7) is 4.13.